The van der Waals surface area contributed by atoms with Crippen LogP contribution in [0.2, 0.25) is 5.02 Å². The quantitative estimate of drug-likeness (QED) is 0.721. The maximum absolute atomic E-state index is 6.38. The van der Waals surface area contributed by atoms with E-state index in [1.54, 1.807) is 18.5 Å². The molecule has 4 rings (SSSR count). The summed E-state index contributed by atoms with van der Waals surface area (Å²) in [6, 6.07) is 19.7. The van der Waals surface area contributed by atoms with E-state index >= 15 is 0 Å². The molecule has 25 heavy (non-hydrogen) atoms. The number of nitrogens with zero attached hydrogens (tertiary/aromatic N) is 5. The minimum absolute atomic E-state index is 0.601. The lowest BCUT2D eigenvalue weighted by atomic mass is 10.2. The molecule has 0 bridgehead atoms. The van der Waals surface area contributed by atoms with Crippen LogP contribution in [-0.4, -0.2) is 28.9 Å². The number of hydrogen-bond donors (Lipinski definition) is 0. The predicted octanol–water partition coefficient (Wildman–Crippen LogP) is 3.82. The van der Waals surface area contributed by atoms with Crippen molar-refractivity contribution >= 4 is 28.7 Å². The van der Waals surface area contributed by atoms with Gasteiger partial charge in [-0.05, 0) is 30.3 Å². The maximum Gasteiger partial charge on any atom is 0.177 e. The van der Waals surface area contributed by atoms with Crippen LogP contribution in [0.3, 0.4) is 0 Å². The van der Waals surface area contributed by atoms with Crippen molar-refractivity contribution in [1.82, 2.24) is 9.97 Å². The monoisotopic (exact) mass is 349 g/mol. The van der Waals surface area contributed by atoms with Crippen LogP contribution in [0, 0.1) is 0 Å². The normalized spacial score (nSPS) is 14.4. The van der Waals surface area contributed by atoms with E-state index in [0.29, 0.717) is 24.1 Å². The molecule has 0 unspecified atom stereocenters. The highest BCUT2D eigenvalue weighted by atomic mass is 35.5. The van der Waals surface area contributed by atoms with Crippen LogP contribution in [0.25, 0.3) is 0 Å². The summed E-state index contributed by atoms with van der Waals surface area (Å²) in [6.45, 7) is 1.24. The molecule has 124 valence electrons. The Kier molecular flexibility index (Phi) is 4.31. The molecular weight excluding hydrogens is 334 g/mol. The Morgan fingerprint density at radius 1 is 0.840 bits per heavy atom. The van der Waals surface area contributed by atoms with Gasteiger partial charge in [0.1, 0.15) is 12.4 Å². The van der Waals surface area contributed by atoms with E-state index in [4.69, 9.17) is 16.7 Å². The Labute approximate surface area is 151 Å². The summed E-state index contributed by atoms with van der Waals surface area (Å²) in [4.78, 5) is 10.9. The van der Waals surface area contributed by atoms with Gasteiger partial charge >= 0.3 is 0 Å². The minimum Gasteiger partial charge on any atom is -0.346 e. The molecule has 0 amide bonds. The van der Waals surface area contributed by atoms with Crippen molar-refractivity contribution in [3.63, 3.8) is 0 Å². The first kappa shape index (κ1) is 15.6. The van der Waals surface area contributed by atoms with E-state index < -0.39 is 0 Å². The Balaban J connectivity index is 1.76. The first-order chi connectivity index (χ1) is 12.3. The summed E-state index contributed by atoms with van der Waals surface area (Å²) in [5.41, 5.74) is 2.77. The molecule has 0 spiro atoms. The van der Waals surface area contributed by atoms with Gasteiger partial charge in [0.15, 0.2) is 5.82 Å². The third-order valence-corrected chi connectivity index (χ3v) is 4.28. The van der Waals surface area contributed by atoms with Crippen molar-refractivity contribution in [2.75, 3.05) is 23.1 Å². The van der Waals surface area contributed by atoms with Gasteiger partial charge in [0.05, 0.1) is 17.3 Å². The molecule has 1 aliphatic rings. The summed E-state index contributed by atoms with van der Waals surface area (Å²) in [5, 5.41) is 7.31. The van der Waals surface area contributed by atoms with Crippen LogP contribution in [0.5, 0.6) is 0 Å². The third kappa shape index (κ3) is 3.32. The van der Waals surface area contributed by atoms with Crippen LogP contribution < -0.4 is 9.91 Å². The summed E-state index contributed by atoms with van der Waals surface area (Å²) in [7, 11) is 0. The smallest absolute Gasteiger partial charge is 0.177 e. The van der Waals surface area contributed by atoms with Crippen LogP contribution in [0.15, 0.2) is 78.2 Å². The van der Waals surface area contributed by atoms with E-state index in [9.17, 15) is 0 Å². The van der Waals surface area contributed by atoms with Crippen molar-refractivity contribution in [3.05, 3.63) is 83.9 Å². The molecule has 0 fully saturated rings. The van der Waals surface area contributed by atoms with Gasteiger partial charge in [0.25, 0.3) is 0 Å². The fraction of sp³-hybridized carbons (Fsp3) is 0.105. The predicted molar refractivity (Wildman–Crippen MR) is 101 cm³/mol. The zero-order valence-corrected chi connectivity index (χ0v) is 14.2. The largest absolute Gasteiger partial charge is 0.346 e. The second-order valence-corrected chi connectivity index (χ2v) is 6.05. The Hall–Kier alpha value is -2.92. The Morgan fingerprint density at radius 2 is 1.56 bits per heavy atom. The number of hydrazone groups is 1. The van der Waals surface area contributed by atoms with Crippen molar-refractivity contribution in [2.45, 2.75) is 0 Å². The molecule has 5 nitrogen and oxygen atoms in total. The number of halogens is 1. The number of hydrogen-bond acceptors (Lipinski definition) is 5. The van der Waals surface area contributed by atoms with E-state index in [2.05, 4.69) is 27.0 Å². The van der Waals surface area contributed by atoms with Crippen molar-refractivity contribution in [1.29, 1.82) is 0 Å². The van der Waals surface area contributed by atoms with Crippen molar-refractivity contribution in [2.24, 2.45) is 5.10 Å². The first-order valence-electron chi connectivity index (χ1n) is 7.98. The van der Waals surface area contributed by atoms with Crippen LogP contribution in [0.1, 0.15) is 5.82 Å². The molecule has 1 aromatic heterocycles. The highest BCUT2D eigenvalue weighted by molar-refractivity contribution is 6.33. The standard InChI is InChI=1S/C19H16ClN5/c20-16-9-4-5-10-18(16)25-14-24(15-7-2-1-3-8-15)13-17(23-25)19-21-11-6-12-22-19/h1-12H,13-14H2. The fourth-order valence-corrected chi connectivity index (χ4v) is 3.00. The molecule has 0 saturated carbocycles. The molecule has 6 heteroatoms. The van der Waals surface area contributed by atoms with Gasteiger partial charge in [-0.1, -0.05) is 41.9 Å². The van der Waals surface area contributed by atoms with Gasteiger partial charge in [-0.2, -0.15) is 5.10 Å². The van der Waals surface area contributed by atoms with Crippen molar-refractivity contribution in [3.8, 4) is 0 Å². The number of benzene rings is 2. The highest BCUT2D eigenvalue weighted by Crippen LogP contribution is 2.28. The summed E-state index contributed by atoms with van der Waals surface area (Å²) >= 11 is 6.38. The highest BCUT2D eigenvalue weighted by Gasteiger charge is 2.24. The minimum atomic E-state index is 0.601. The van der Waals surface area contributed by atoms with E-state index in [1.807, 2.05) is 47.5 Å². The number of aromatic nitrogens is 2. The lowest BCUT2D eigenvalue weighted by molar-refractivity contribution is 0.754. The molecule has 0 saturated heterocycles. The lowest BCUT2D eigenvalue weighted by Crippen LogP contribution is -2.45. The zero-order chi connectivity index (χ0) is 17.1. The van der Waals surface area contributed by atoms with Gasteiger partial charge in [-0.15, -0.1) is 0 Å². The molecule has 0 radical (unpaired) electrons. The van der Waals surface area contributed by atoms with Gasteiger partial charge in [0.2, 0.25) is 0 Å². The number of anilines is 2. The summed E-state index contributed by atoms with van der Waals surface area (Å²) in [6.07, 6.45) is 3.46. The molecule has 3 aromatic rings. The molecular formula is C19H16ClN5. The van der Waals surface area contributed by atoms with Crippen LogP contribution in [-0.2, 0) is 0 Å². The third-order valence-electron chi connectivity index (χ3n) is 3.96. The maximum atomic E-state index is 6.38. The summed E-state index contributed by atoms with van der Waals surface area (Å²) in [5.74, 6) is 0.625. The summed E-state index contributed by atoms with van der Waals surface area (Å²) < 4.78 is 0. The topological polar surface area (TPSA) is 44.6 Å². The lowest BCUT2D eigenvalue weighted by Gasteiger charge is -2.35. The number of rotatable bonds is 3. The zero-order valence-electron chi connectivity index (χ0n) is 13.5. The second-order valence-electron chi connectivity index (χ2n) is 5.64. The fourth-order valence-electron chi connectivity index (χ4n) is 2.77. The van der Waals surface area contributed by atoms with Crippen LogP contribution >= 0.6 is 11.6 Å². The molecule has 0 atom stereocenters. The van der Waals surface area contributed by atoms with Crippen LogP contribution in [0.4, 0.5) is 11.4 Å². The van der Waals surface area contributed by atoms with Gasteiger partial charge < -0.3 is 4.90 Å². The second kappa shape index (κ2) is 6.91. The van der Waals surface area contributed by atoms with Gasteiger partial charge in [-0.3, -0.25) is 0 Å². The van der Waals surface area contributed by atoms with Gasteiger partial charge in [0, 0.05) is 18.1 Å². The average molecular weight is 350 g/mol. The molecule has 1 aliphatic heterocycles. The first-order valence-corrected chi connectivity index (χ1v) is 8.36. The van der Waals surface area contributed by atoms with E-state index in [-0.39, 0.29) is 0 Å². The Bertz CT molecular complexity index is 883. The van der Waals surface area contributed by atoms with Crippen molar-refractivity contribution < 1.29 is 0 Å². The number of para-hydroxylation sites is 2. The molecule has 0 aliphatic carbocycles. The molecule has 2 aromatic carbocycles. The Morgan fingerprint density at radius 3 is 2.32 bits per heavy atom. The molecule has 2 heterocycles. The molecule has 0 N–H and O–H groups in total. The van der Waals surface area contributed by atoms with E-state index in [0.717, 1.165) is 17.1 Å². The van der Waals surface area contributed by atoms with Gasteiger partial charge in [-0.25, -0.2) is 15.0 Å². The SMILES string of the molecule is Clc1ccccc1N1CN(c2ccccc2)CC(c2ncccn2)=N1. The average Bonchev–Trinajstić information content (AvgIpc) is 2.69. The van der Waals surface area contributed by atoms with E-state index in [1.165, 1.54) is 0 Å².